The van der Waals surface area contributed by atoms with Crippen LogP contribution in [0.3, 0.4) is 0 Å². The third-order valence-corrected chi connectivity index (χ3v) is 3.01. The molecule has 0 atom stereocenters. The Bertz CT molecular complexity index is 679. The number of anilines is 4. The standard InChI is InChI=1S/C12H13N5/c13-7-1-5-6-2-8(14)10(16)4-12(6)17-11(5)3-9(7)15/h1-4,17H,13-16H2. The smallest absolute Gasteiger partial charge is 0.0569 e. The lowest BCUT2D eigenvalue weighted by molar-refractivity contribution is 1.54. The fourth-order valence-electron chi connectivity index (χ4n) is 2.06. The highest BCUT2D eigenvalue weighted by molar-refractivity contribution is 6.11. The molecule has 3 aromatic rings. The summed E-state index contributed by atoms with van der Waals surface area (Å²) < 4.78 is 0. The maximum atomic E-state index is 5.81. The molecule has 0 amide bonds. The van der Waals surface area contributed by atoms with Gasteiger partial charge in [-0.1, -0.05) is 0 Å². The number of aromatic nitrogens is 1. The highest BCUT2D eigenvalue weighted by Gasteiger charge is 2.08. The van der Waals surface area contributed by atoms with Gasteiger partial charge in [0.05, 0.1) is 22.7 Å². The molecule has 5 heteroatoms. The van der Waals surface area contributed by atoms with Crippen molar-refractivity contribution in [1.82, 2.24) is 4.98 Å². The van der Waals surface area contributed by atoms with E-state index in [0.717, 1.165) is 21.8 Å². The van der Waals surface area contributed by atoms with Crippen molar-refractivity contribution < 1.29 is 0 Å². The maximum absolute atomic E-state index is 5.81. The third-order valence-electron chi connectivity index (χ3n) is 3.01. The predicted molar refractivity (Wildman–Crippen MR) is 73.5 cm³/mol. The summed E-state index contributed by atoms with van der Waals surface area (Å²) in [4.78, 5) is 3.24. The lowest BCUT2D eigenvalue weighted by Gasteiger charge is -2.01. The molecule has 5 nitrogen and oxygen atoms in total. The van der Waals surface area contributed by atoms with Gasteiger partial charge >= 0.3 is 0 Å². The average molecular weight is 227 g/mol. The summed E-state index contributed by atoms with van der Waals surface area (Å²) in [5, 5.41) is 2.00. The molecule has 17 heavy (non-hydrogen) atoms. The second-order valence-corrected chi connectivity index (χ2v) is 4.18. The van der Waals surface area contributed by atoms with Crippen molar-refractivity contribution >= 4 is 44.6 Å². The molecule has 0 spiro atoms. The molecule has 2 aromatic carbocycles. The van der Waals surface area contributed by atoms with Gasteiger partial charge in [-0.2, -0.15) is 0 Å². The molecular weight excluding hydrogens is 214 g/mol. The first-order valence-corrected chi connectivity index (χ1v) is 5.21. The van der Waals surface area contributed by atoms with E-state index in [2.05, 4.69) is 4.98 Å². The topological polar surface area (TPSA) is 120 Å². The summed E-state index contributed by atoms with van der Waals surface area (Å²) >= 11 is 0. The minimum absolute atomic E-state index is 0.560. The normalized spacial score (nSPS) is 11.3. The maximum Gasteiger partial charge on any atom is 0.0569 e. The van der Waals surface area contributed by atoms with Gasteiger partial charge in [-0.05, 0) is 24.3 Å². The predicted octanol–water partition coefficient (Wildman–Crippen LogP) is 1.65. The fraction of sp³-hybridized carbons (Fsp3) is 0. The molecule has 0 aliphatic heterocycles. The van der Waals surface area contributed by atoms with Crippen LogP contribution in [0.5, 0.6) is 0 Å². The van der Waals surface area contributed by atoms with E-state index < -0.39 is 0 Å². The molecule has 0 bridgehead atoms. The zero-order valence-electron chi connectivity index (χ0n) is 9.12. The number of hydrogen-bond donors (Lipinski definition) is 5. The van der Waals surface area contributed by atoms with E-state index in [1.54, 1.807) is 0 Å². The number of aromatic amines is 1. The van der Waals surface area contributed by atoms with Crippen LogP contribution in [0.15, 0.2) is 24.3 Å². The van der Waals surface area contributed by atoms with Gasteiger partial charge in [0.1, 0.15) is 0 Å². The third kappa shape index (κ3) is 1.25. The van der Waals surface area contributed by atoms with E-state index in [1.807, 2.05) is 24.3 Å². The average Bonchev–Trinajstić information content (AvgIpc) is 2.58. The number of hydrogen-bond acceptors (Lipinski definition) is 4. The van der Waals surface area contributed by atoms with E-state index >= 15 is 0 Å². The zero-order chi connectivity index (χ0) is 12.2. The van der Waals surface area contributed by atoms with Crippen LogP contribution in [0.1, 0.15) is 0 Å². The molecular formula is C12H13N5. The molecule has 1 heterocycles. The number of H-pyrrole nitrogens is 1. The number of nitrogen functional groups attached to an aromatic ring is 4. The summed E-state index contributed by atoms with van der Waals surface area (Å²) in [7, 11) is 0. The first-order chi connectivity index (χ1) is 8.06. The SMILES string of the molecule is Nc1cc2[nH]c3cc(N)c(N)cc3c2cc1N. The molecule has 0 aliphatic rings. The van der Waals surface area contributed by atoms with Gasteiger partial charge in [0, 0.05) is 21.8 Å². The van der Waals surface area contributed by atoms with Crippen LogP contribution in [-0.4, -0.2) is 4.98 Å². The number of nitrogens with one attached hydrogen (secondary N) is 1. The highest BCUT2D eigenvalue weighted by atomic mass is 14.7. The minimum Gasteiger partial charge on any atom is -0.397 e. The quantitative estimate of drug-likeness (QED) is 0.375. The molecule has 1 aromatic heterocycles. The lowest BCUT2D eigenvalue weighted by Crippen LogP contribution is -1.94. The van der Waals surface area contributed by atoms with Crippen molar-refractivity contribution in [3.63, 3.8) is 0 Å². The van der Waals surface area contributed by atoms with Crippen molar-refractivity contribution in [3.8, 4) is 0 Å². The van der Waals surface area contributed by atoms with Crippen LogP contribution in [-0.2, 0) is 0 Å². The van der Waals surface area contributed by atoms with Gasteiger partial charge in [-0.25, -0.2) is 0 Å². The summed E-state index contributed by atoms with van der Waals surface area (Å²) in [6.07, 6.45) is 0. The number of fused-ring (bicyclic) bond motifs is 3. The Labute approximate surface area is 97.4 Å². The first-order valence-electron chi connectivity index (χ1n) is 5.21. The lowest BCUT2D eigenvalue weighted by atomic mass is 10.1. The van der Waals surface area contributed by atoms with Crippen molar-refractivity contribution in [1.29, 1.82) is 0 Å². The van der Waals surface area contributed by atoms with Crippen LogP contribution in [0.4, 0.5) is 22.7 Å². The molecule has 0 saturated heterocycles. The van der Waals surface area contributed by atoms with Crippen LogP contribution in [0.25, 0.3) is 21.8 Å². The minimum atomic E-state index is 0.560. The zero-order valence-corrected chi connectivity index (χ0v) is 9.12. The second-order valence-electron chi connectivity index (χ2n) is 4.18. The van der Waals surface area contributed by atoms with E-state index in [0.29, 0.717) is 22.7 Å². The van der Waals surface area contributed by atoms with Gasteiger partial charge in [-0.15, -0.1) is 0 Å². The monoisotopic (exact) mass is 227 g/mol. The number of rotatable bonds is 0. The highest BCUT2D eigenvalue weighted by Crippen LogP contribution is 2.33. The molecule has 0 saturated carbocycles. The Morgan fingerprint density at radius 1 is 0.588 bits per heavy atom. The van der Waals surface area contributed by atoms with Crippen molar-refractivity contribution in [2.45, 2.75) is 0 Å². The summed E-state index contributed by atoms with van der Waals surface area (Å²) in [6.45, 7) is 0. The van der Waals surface area contributed by atoms with Crippen molar-refractivity contribution in [3.05, 3.63) is 24.3 Å². The molecule has 3 rings (SSSR count). The van der Waals surface area contributed by atoms with Crippen LogP contribution < -0.4 is 22.9 Å². The summed E-state index contributed by atoms with van der Waals surface area (Å²) in [5.74, 6) is 0. The van der Waals surface area contributed by atoms with Gasteiger partial charge in [0.15, 0.2) is 0 Å². The first kappa shape index (κ1) is 9.65. The van der Waals surface area contributed by atoms with Gasteiger partial charge in [-0.3, -0.25) is 0 Å². The van der Waals surface area contributed by atoms with Crippen LogP contribution >= 0.6 is 0 Å². The van der Waals surface area contributed by atoms with Crippen molar-refractivity contribution in [2.75, 3.05) is 22.9 Å². The Morgan fingerprint density at radius 3 is 1.35 bits per heavy atom. The van der Waals surface area contributed by atoms with Crippen LogP contribution in [0, 0.1) is 0 Å². The molecule has 0 aliphatic carbocycles. The van der Waals surface area contributed by atoms with Crippen LogP contribution in [0.2, 0.25) is 0 Å². The van der Waals surface area contributed by atoms with Gasteiger partial charge < -0.3 is 27.9 Å². The molecule has 0 unspecified atom stereocenters. The Hall–Kier alpha value is -2.56. The Morgan fingerprint density at radius 2 is 0.941 bits per heavy atom. The molecule has 0 radical (unpaired) electrons. The fourth-order valence-corrected chi connectivity index (χ4v) is 2.06. The van der Waals surface area contributed by atoms with Gasteiger partial charge in [0.25, 0.3) is 0 Å². The Kier molecular flexibility index (Phi) is 1.69. The van der Waals surface area contributed by atoms with Crippen molar-refractivity contribution in [2.24, 2.45) is 0 Å². The Balaban J connectivity index is 2.51. The van der Waals surface area contributed by atoms with E-state index in [1.165, 1.54) is 0 Å². The van der Waals surface area contributed by atoms with E-state index in [9.17, 15) is 0 Å². The number of nitrogens with two attached hydrogens (primary N) is 4. The second kappa shape index (κ2) is 2.98. The molecule has 9 N–H and O–H groups in total. The largest absolute Gasteiger partial charge is 0.397 e. The molecule has 0 fully saturated rings. The van der Waals surface area contributed by atoms with E-state index in [4.69, 9.17) is 22.9 Å². The van der Waals surface area contributed by atoms with E-state index in [-0.39, 0.29) is 0 Å². The summed E-state index contributed by atoms with van der Waals surface area (Å²) in [5.41, 5.74) is 27.3. The van der Waals surface area contributed by atoms with Gasteiger partial charge in [0.2, 0.25) is 0 Å². The molecule has 86 valence electrons. The summed E-state index contributed by atoms with van der Waals surface area (Å²) in [6, 6.07) is 7.33. The number of benzene rings is 2.